The SMILES string of the molecule is c1ccc(-c2nc(-c3ccccc3)nc(-c3cccc4c3oc3c(-c5ccc6c(c5)c5c7c8ccccc8n(-c8ccccc8)c7ccc5n6-c5ccccc5)cccc34)n2)cc1. The van der Waals surface area contributed by atoms with Crippen LogP contribution >= 0.6 is 0 Å². The van der Waals surface area contributed by atoms with Gasteiger partial charge in [0, 0.05) is 60.4 Å². The van der Waals surface area contributed by atoms with E-state index in [1.807, 2.05) is 66.7 Å². The van der Waals surface area contributed by atoms with E-state index < -0.39 is 0 Å². The van der Waals surface area contributed by atoms with Crippen LogP contribution in [0.4, 0.5) is 0 Å². The second-order valence-corrected chi connectivity index (χ2v) is 15.9. The van der Waals surface area contributed by atoms with Crippen molar-refractivity contribution >= 4 is 65.6 Å². The van der Waals surface area contributed by atoms with E-state index in [0.29, 0.717) is 17.5 Å². The normalized spacial score (nSPS) is 11.8. The number of hydrogen-bond donors (Lipinski definition) is 0. The first-order valence-corrected chi connectivity index (χ1v) is 21.2. The van der Waals surface area contributed by atoms with Gasteiger partial charge in [-0.2, -0.15) is 0 Å². The molecule has 13 rings (SSSR count). The number of aromatic nitrogens is 5. The van der Waals surface area contributed by atoms with Crippen molar-refractivity contribution in [3.8, 4) is 56.7 Å². The van der Waals surface area contributed by atoms with Crippen LogP contribution in [0, 0.1) is 0 Å². The van der Waals surface area contributed by atoms with Crippen molar-refractivity contribution in [2.45, 2.75) is 0 Å². The summed E-state index contributed by atoms with van der Waals surface area (Å²) in [4.78, 5) is 15.1. The zero-order chi connectivity index (χ0) is 41.4. The Kier molecular flexibility index (Phi) is 7.80. The van der Waals surface area contributed by atoms with Gasteiger partial charge in [0.05, 0.1) is 27.6 Å². The van der Waals surface area contributed by atoms with Crippen LogP contribution < -0.4 is 0 Å². The van der Waals surface area contributed by atoms with E-state index in [0.717, 1.165) is 72.2 Å². The van der Waals surface area contributed by atoms with Crippen molar-refractivity contribution in [2.75, 3.05) is 0 Å². The molecule has 0 aliphatic heterocycles. The summed E-state index contributed by atoms with van der Waals surface area (Å²) in [7, 11) is 0. The highest BCUT2D eigenvalue weighted by Crippen LogP contribution is 2.45. The third-order valence-corrected chi connectivity index (χ3v) is 12.4. The van der Waals surface area contributed by atoms with Gasteiger partial charge in [-0.3, -0.25) is 0 Å². The minimum absolute atomic E-state index is 0.558. The number of rotatable bonds is 6. The van der Waals surface area contributed by atoms with Crippen LogP contribution in [0.25, 0.3) is 122 Å². The molecule has 0 aliphatic carbocycles. The molecule has 0 saturated heterocycles. The third-order valence-electron chi connectivity index (χ3n) is 12.4. The fraction of sp³-hybridized carbons (Fsp3) is 0. The lowest BCUT2D eigenvalue weighted by Crippen LogP contribution is -2.00. The van der Waals surface area contributed by atoms with Gasteiger partial charge in [0.1, 0.15) is 11.2 Å². The lowest BCUT2D eigenvalue weighted by molar-refractivity contribution is 0.670. The molecular weight excluding hydrogens is 771 g/mol. The van der Waals surface area contributed by atoms with E-state index in [4.69, 9.17) is 19.4 Å². The van der Waals surface area contributed by atoms with Gasteiger partial charge in [0.25, 0.3) is 0 Å². The van der Waals surface area contributed by atoms with Gasteiger partial charge >= 0.3 is 0 Å². The monoisotopic (exact) mass is 805 g/mol. The summed E-state index contributed by atoms with van der Waals surface area (Å²) in [5.41, 5.74) is 13.2. The Labute approximate surface area is 361 Å². The molecule has 0 atom stereocenters. The van der Waals surface area contributed by atoms with E-state index in [2.05, 4.69) is 155 Å². The van der Waals surface area contributed by atoms with Gasteiger partial charge in [-0.1, -0.05) is 152 Å². The summed E-state index contributed by atoms with van der Waals surface area (Å²) in [6.45, 7) is 0. The maximum Gasteiger partial charge on any atom is 0.167 e. The quantitative estimate of drug-likeness (QED) is 0.168. The number of furan rings is 1. The molecule has 13 aromatic rings. The summed E-state index contributed by atoms with van der Waals surface area (Å²) in [5.74, 6) is 1.78. The standard InChI is InChI=1S/C57H35N5O/c1-5-17-36(18-6-1)55-58-56(37-19-7-2-8-20-37)60-57(59-55)45-29-16-28-43-42-27-15-26-41(53(42)63-54(43)45)38-31-32-48-46(35-38)52-50(62(48)40-23-11-4-12-24-40)34-33-49-51(52)44-25-13-14-30-47(44)61(49)39-21-9-3-10-22-39/h1-35H. The summed E-state index contributed by atoms with van der Waals surface area (Å²) < 4.78 is 11.9. The van der Waals surface area contributed by atoms with Crippen LogP contribution in [0.1, 0.15) is 0 Å². The smallest absolute Gasteiger partial charge is 0.167 e. The molecule has 0 saturated carbocycles. The van der Waals surface area contributed by atoms with Gasteiger partial charge in [-0.15, -0.1) is 0 Å². The molecule has 6 nitrogen and oxygen atoms in total. The molecule has 0 bridgehead atoms. The Balaban J connectivity index is 1.06. The third kappa shape index (κ3) is 5.48. The van der Waals surface area contributed by atoms with Crippen molar-refractivity contribution in [2.24, 2.45) is 0 Å². The van der Waals surface area contributed by atoms with Crippen LogP contribution in [0.2, 0.25) is 0 Å². The van der Waals surface area contributed by atoms with Crippen molar-refractivity contribution in [3.05, 3.63) is 212 Å². The lowest BCUT2D eigenvalue weighted by Gasteiger charge is -2.09. The Bertz CT molecular complexity index is 3830. The van der Waals surface area contributed by atoms with Crippen molar-refractivity contribution in [3.63, 3.8) is 0 Å². The summed E-state index contributed by atoms with van der Waals surface area (Å²) in [6, 6.07) is 74.4. The Morgan fingerprint density at radius 2 is 0.746 bits per heavy atom. The Morgan fingerprint density at radius 3 is 1.35 bits per heavy atom. The fourth-order valence-electron chi connectivity index (χ4n) is 9.60. The van der Waals surface area contributed by atoms with Crippen molar-refractivity contribution in [1.82, 2.24) is 24.1 Å². The van der Waals surface area contributed by atoms with Crippen LogP contribution in [0.15, 0.2) is 217 Å². The Morgan fingerprint density at radius 1 is 0.302 bits per heavy atom. The molecule has 294 valence electrons. The number of hydrogen-bond acceptors (Lipinski definition) is 4. The topological polar surface area (TPSA) is 61.7 Å². The zero-order valence-electron chi connectivity index (χ0n) is 33.9. The molecule has 0 amide bonds. The maximum atomic E-state index is 7.06. The molecule has 0 aliphatic rings. The number of para-hydroxylation sites is 5. The highest BCUT2D eigenvalue weighted by molar-refractivity contribution is 6.29. The molecule has 63 heavy (non-hydrogen) atoms. The van der Waals surface area contributed by atoms with E-state index in [1.165, 1.54) is 32.6 Å². The van der Waals surface area contributed by atoms with Crippen molar-refractivity contribution in [1.29, 1.82) is 0 Å². The first kappa shape index (κ1) is 35.2. The molecule has 0 unspecified atom stereocenters. The molecule has 4 heterocycles. The second kappa shape index (κ2) is 14.0. The Hall–Kier alpha value is -8.61. The number of fused-ring (bicyclic) bond motifs is 10. The molecule has 6 heteroatoms. The van der Waals surface area contributed by atoms with Crippen LogP contribution in [0.3, 0.4) is 0 Å². The first-order valence-electron chi connectivity index (χ1n) is 21.2. The summed E-state index contributed by atoms with van der Waals surface area (Å²) in [6.07, 6.45) is 0. The van der Waals surface area contributed by atoms with E-state index in [1.54, 1.807) is 0 Å². The highest BCUT2D eigenvalue weighted by atomic mass is 16.3. The minimum Gasteiger partial charge on any atom is -0.455 e. The number of nitrogens with zero attached hydrogens (tertiary/aromatic N) is 5. The zero-order valence-corrected chi connectivity index (χ0v) is 33.9. The van der Waals surface area contributed by atoms with Gasteiger partial charge in [-0.05, 0) is 66.2 Å². The largest absolute Gasteiger partial charge is 0.455 e. The molecule has 4 aromatic heterocycles. The molecule has 0 radical (unpaired) electrons. The predicted octanol–water partition coefficient (Wildman–Crippen LogP) is 14.6. The number of benzene rings is 9. The second-order valence-electron chi connectivity index (χ2n) is 15.9. The lowest BCUT2D eigenvalue weighted by atomic mass is 9.99. The van der Waals surface area contributed by atoms with Gasteiger partial charge in [-0.25, -0.2) is 15.0 Å². The van der Waals surface area contributed by atoms with E-state index >= 15 is 0 Å². The first-order chi connectivity index (χ1) is 31.3. The predicted molar refractivity (Wildman–Crippen MR) is 258 cm³/mol. The van der Waals surface area contributed by atoms with E-state index in [-0.39, 0.29) is 0 Å². The van der Waals surface area contributed by atoms with Gasteiger partial charge in [0.15, 0.2) is 17.5 Å². The van der Waals surface area contributed by atoms with Gasteiger partial charge in [0.2, 0.25) is 0 Å². The van der Waals surface area contributed by atoms with Crippen molar-refractivity contribution < 1.29 is 4.42 Å². The highest BCUT2D eigenvalue weighted by Gasteiger charge is 2.23. The van der Waals surface area contributed by atoms with Crippen LogP contribution in [0.5, 0.6) is 0 Å². The minimum atomic E-state index is 0.558. The van der Waals surface area contributed by atoms with Gasteiger partial charge < -0.3 is 13.6 Å². The molecule has 0 N–H and O–H groups in total. The average molecular weight is 806 g/mol. The van der Waals surface area contributed by atoms with Crippen LogP contribution in [-0.2, 0) is 0 Å². The average Bonchev–Trinajstić information content (AvgIpc) is 4.02. The van der Waals surface area contributed by atoms with E-state index in [9.17, 15) is 0 Å². The molecule has 9 aromatic carbocycles. The molecule has 0 spiro atoms. The summed E-state index contributed by atoms with van der Waals surface area (Å²) >= 11 is 0. The maximum absolute atomic E-state index is 7.06. The summed E-state index contributed by atoms with van der Waals surface area (Å²) in [5, 5.41) is 6.88. The fourth-order valence-corrected chi connectivity index (χ4v) is 9.60. The molecular formula is C57H35N5O. The molecule has 0 fully saturated rings. The van der Waals surface area contributed by atoms with Crippen LogP contribution in [-0.4, -0.2) is 24.1 Å².